The minimum Gasteiger partial charge on any atom is -0.284 e. The maximum Gasteiger partial charge on any atom is 0.137 e. The summed E-state index contributed by atoms with van der Waals surface area (Å²) in [6.45, 7) is 5.11. The predicted molar refractivity (Wildman–Crippen MR) is 65.3 cm³/mol. The van der Waals surface area contributed by atoms with E-state index in [0.717, 1.165) is 5.56 Å². The zero-order chi connectivity index (χ0) is 12.1. The third-order valence-corrected chi connectivity index (χ3v) is 2.98. The second-order valence-electron chi connectivity index (χ2n) is 3.91. The average Bonchev–Trinajstić information content (AvgIpc) is 2.22. The first-order chi connectivity index (χ1) is 7.54. The van der Waals surface area contributed by atoms with Gasteiger partial charge in [-0.15, -0.1) is 0 Å². The van der Waals surface area contributed by atoms with Gasteiger partial charge in [-0.3, -0.25) is 4.90 Å². The molecular formula is C12H14BrFN2. The quantitative estimate of drug-likeness (QED) is 0.793. The Morgan fingerprint density at radius 3 is 2.69 bits per heavy atom. The van der Waals surface area contributed by atoms with E-state index in [1.54, 1.807) is 12.1 Å². The molecule has 0 aliphatic rings. The van der Waals surface area contributed by atoms with Crippen molar-refractivity contribution in [2.45, 2.75) is 26.4 Å². The van der Waals surface area contributed by atoms with E-state index in [1.807, 2.05) is 18.7 Å². The van der Waals surface area contributed by atoms with Crippen molar-refractivity contribution < 1.29 is 4.39 Å². The molecule has 0 saturated heterocycles. The van der Waals surface area contributed by atoms with E-state index in [4.69, 9.17) is 5.26 Å². The number of rotatable bonds is 4. The molecule has 0 amide bonds. The minimum atomic E-state index is -0.264. The number of hydrogen-bond donors (Lipinski definition) is 0. The van der Waals surface area contributed by atoms with Crippen LogP contribution in [0.15, 0.2) is 22.7 Å². The van der Waals surface area contributed by atoms with Crippen molar-refractivity contribution in [2.24, 2.45) is 0 Å². The van der Waals surface area contributed by atoms with Gasteiger partial charge in [-0.25, -0.2) is 4.39 Å². The molecule has 0 fully saturated rings. The molecule has 0 unspecified atom stereocenters. The van der Waals surface area contributed by atoms with Crippen molar-refractivity contribution in [3.63, 3.8) is 0 Å². The molecular weight excluding hydrogens is 271 g/mol. The van der Waals surface area contributed by atoms with Gasteiger partial charge in [0.25, 0.3) is 0 Å². The molecule has 1 rings (SSSR count). The van der Waals surface area contributed by atoms with Crippen molar-refractivity contribution in [3.8, 4) is 6.07 Å². The summed E-state index contributed by atoms with van der Waals surface area (Å²) in [7, 11) is 0. The summed E-state index contributed by atoms with van der Waals surface area (Å²) < 4.78 is 13.5. The fourth-order valence-electron chi connectivity index (χ4n) is 1.38. The Bertz CT molecular complexity index is 398. The van der Waals surface area contributed by atoms with Crippen LogP contribution in [0.5, 0.6) is 0 Å². The van der Waals surface area contributed by atoms with E-state index in [1.165, 1.54) is 6.07 Å². The molecule has 0 bridgehead atoms. The molecule has 0 atom stereocenters. The van der Waals surface area contributed by atoms with Gasteiger partial charge in [-0.1, -0.05) is 6.07 Å². The number of benzene rings is 1. The number of halogens is 2. The standard InChI is InChI=1S/C12H14BrFN2/c1-9(2)16(6-5-15)8-10-3-4-12(14)11(13)7-10/h3-4,7,9H,6,8H2,1-2H3. The zero-order valence-corrected chi connectivity index (χ0v) is 11.0. The van der Waals surface area contributed by atoms with E-state index in [0.29, 0.717) is 23.6 Å². The molecule has 86 valence electrons. The van der Waals surface area contributed by atoms with Crippen molar-refractivity contribution in [3.05, 3.63) is 34.1 Å². The van der Waals surface area contributed by atoms with Gasteiger partial charge in [-0.2, -0.15) is 5.26 Å². The van der Waals surface area contributed by atoms with Crippen LogP contribution in [0, 0.1) is 17.1 Å². The van der Waals surface area contributed by atoms with Crippen LogP contribution >= 0.6 is 15.9 Å². The van der Waals surface area contributed by atoms with E-state index in [-0.39, 0.29) is 5.82 Å². The highest BCUT2D eigenvalue weighted by Gasteiger charge is 2.10. The Kier molecular flexibility index (Phi) is 4.91. The average molecular weight is 285 g/mol. The Labute approximate surface area is 104 Å². The normalized spacial score (nSPS) is 10.8. The highest BCUT2D eigenvalue weighted by Crippen LogP contribution is 2.18. The summed E-state index contributed by atoms with van der Waals surface area (Å²) in [6.07, 6.45) is 0. The molecule has 0 spiro atoms. The van der Waals surface area contributed by atoms with Crippen LogP contribution in [0.25, 0.3) is 0 Å². The first-order valence-corrected chi connectivity index (χ1v) is 5.89. The van der Waals surface area contributed by atoms with Gasteiger partial charge in [0, 0.05) is 12.6 Å². The molecule has 0 aliphatic heterocycles. The molecule has 1 aromatic carbocycles. The third kappa shape index (κ3) is 3.58. The van der Waals surface area contributed by atoms with Gasteiger partial charge in [0.1, 0.15) is 5.82 Å². The maximum absolute atomic E-state index is 13.0. The molecule has 0 N–H and O–H groups in total. The lowest BCUT2D eigenvalue weighted by Crippen LogP contribution is -2.30. The summed E-state index contributed by atoms with van der Waals surface area (Å²) in [5.41, 5.74) is 0.997. The fourth-order valence-corrected chi connectivity index (χ4v) is 1.81. The predicted octanol–water partition coefficient (Wildman–Crippen LogP) is 3.32. The minimum absolute atomic E-state index is 0.264. The molecule has 16 heavy (non-hydrogen) atoms. The smallest absolute Gasteiger partial charge is 0.137 e. The lowest BCUT2D eigenvalue weighted by atomic mass is 10.2. The molecule has 0 aromatic heterocycles. The van der Waals surface area contributed by atoms with E-state index in [9.17, 15) is 4.39 Å². The van der Waals surface area contributed by atoms with Crippen LogP contribution in [0.4, 0.5) is 4.39 Å². The third-order valence-electron chi connectivity index (χ3n) is 2.37. The molecule has 0 aliphatic carbocycles. The van der Waals surface area contributed by atoms with Crippen molar-refractivity contribution in [2.75, 3.05) is 6.54 Å². The largest absolute Gasteiger partial charge is 0.284 e. The van der Waals surface area contributed by atoms with E-state index >= 15 is 0 Å². The summed E-state index contributed by atoms with van der Waals surface area (Å²) in [6, 6.07) is 7.36. The number of nitrogens with zero attached hydrogens (tertiary/aromatic N) is 2. The Balaban J connectivity index is 2.78. The van der Waals surface area contributed by atoms with E-state index in [2.05, 4.69) is 22.0 Å². The van der Waals surface area contributed by atoms with Crippen LogP contribution in [0.3, 0.4) is 0 Å². The SMILES string of the molecule is CC(C)N(CC#N)Cc1ccc(F)c(Br)c1. The summed E-state index contributed by atoms with van der Waals surface area (Å²) in [4.78, 5) is 2.03. The van der Waals surface area contributed by atoms with Crippen LogP contribution in [0.2, 0.25) is 0 Å². The summed E-state index contributed by atoms with van der Waals surface area (Å²) in [5, 5.41) is 8.70. The molecule has 4 heteroatoms. The molecule has 2 nitrogen and oxygen atoms in total. The van der Waals surface area contributed by atoms with Gasteiger partial charge in [-0.05, 0) is 47.5 Å². The van der Waals surface area contributed by atoms with Gasteiger partial charge < -0.3 is 0 Å². The first-order valence-electron chi connectivity index (χ1n) is 5.09. The van der Waals surface area contributed by atoms with Gasteiger partial charge >= 0.3 is 0 Å². The van der Waals surface area contributed by atoms with E-state index < -0.39 is 0 Å². The Morgan fingerprint density at radius 2 is 2.19 bits per heavy atom. The lowest BCUT2D eigenvalue weighted by Gasteiger charge is -2.23. The van der Waals surface area contributed by atoms with Gasteiger partial charge in [0.2, 0.25) is 0 Å². The highest BCUT2D eigenvalue weighted by molar-refractivity contribution is 9.10. The topological polar surface area (TPSA) is 27.0 Å². The monoisotopic (exact) mass is 284 g/mol. The zero-order valence-electron chi connectivity index (χ0n) is 9.37. The van der Waals surface area contributed by atoms with Crippen LogP contribution in [0.1, 0.15) is 19.4 Å². The highest BCUT2D eigenvalue weighted by atomic mass is 79.9. The first kappa shape index (κ1) is 13.1. The molecule has 0 heterocycles. The number of hydrogen-bond acceptors (Lipinski definition) is 2. The van der Waals surface area contributed by atoms with Crippen molar-refractivity contribution in [1.82, 2.24) is 4.90 Å². The second-order valence-corrected chi connectivity index (χ2v) is 4.76. The van der Waals surface area contributed by atoms with Crippen molar-refractivity contribution >= 4 is 15.9 Å². The maximum atomic E-state index is 13.0. The van der Waals surface area contributed by atoms with Crippen molar-refractivity contribution in [1.29, 1.82) is 5.26 Å². The van der Waals surface area contributed by atoms with Crippen LogP contribution in [-0.4, -0.2) is 17.5 Å². The van der Waals surface area contributed by atoms with Gasteiger partial charge in [0.15, 0.2) is 0 Å². The van der Waals surface area contributed by atoms with Crippen LogP contribution in [-0.2, 0) is 6.54 Å². The second kappa shape index (κ2) is 5.97. The Morgan fingerprint density at radius 1 is 1.50 bits per heavy atom. The molecule has 1 aromatic rings. The lowest BCUT2D eigenvalue weighted by molar-refractivity contribution is 0.240. The van der Waals surface area contributed by atoms with Crippen LogP contribution < -0.4 is 0 Å². The fraction of sp³-hybridized carbons (Fsp3) is 0.417. The molecule has 0 saturated carbocycles. The Hall–Kier alpha value is -0.920. The molecule has 0 radical (unpaired) electrons. The number of nitriles is 1. The summed E-state index contributed by atoms with van der Waals surface area (Å²) >= 11 is 3.15. The van der Waals surface area contributed by atoms with Gasteiger partial charge in [0.05, 0.1) is 17.1 Å². The summed E-state index contributed by atoms with van der Waals surface area (Å²) in [5.74, 6) is -0.264.